The van der Waals surface area contributed by atoms with Gasteiger partial charge in [-0.3, -0.25) is 9.59 Å². The minimum Gasteiger partial charge on any atom is -0.377 e. The van der Waals surface area contributed by atoms with Gasteiger partial charge in [0.05, 0.1) is 46.2 Å². The summed E-state index contributed by atoms with van der Waals surface area (Å²) >= 11 is 0. The third-order valence-electron chi connectivity index (χ3n) is 3.95. The Kier molecular flexibility index (Phi) is 15.0. The summed E-state index contributed by atoms with van der Waals surface area (Å²) in [6.07, 6.45) is 0. The van der Waals surface area contributed by atoms with Crippen molar-refractivity contribution in [1.82, 2.24) is 10.6 Å². The highest BCUT2D eigenvalue weighted by atomic mass is 16.6. The maximum atomic E-state index is 11.6. The van der Waals surface area contributed by atoms with Gasteiger partial charge in [0.2, 0.25) is 11.8 Å². The molecule has 0 saturated heterocycles. The van der Waals surface area contributed by atoms with Crippen LogP contribution in [-0.4, -0.2) is 77.3 Å². The van der Waals surface area contributed by atoms with Gasteiger partial charge in [-0.15, -0.1) is 0 Å². The molecular formula is C20H40N2O6. The van der Waals surface area contributed by atoms with E-state index in [-0.39, 0.29) is 29.9 Å². The van der Waals surface area contributed by atoms with Gasteiger partial charge in [-0.2, -0.15) is 0 Å². The molecule has 1 unspecified atom stereocenters. The molecule has 0 rings (SSSR count). The van der Waals surface area contributed by atoms with E-state index in [9.17, 15) is 9.59 Å². The number of amides is 2. The first kappa shape index (κ1) is 26.8. The average molecular weight is 405 g/mol. The lowest BCUT2D eigenvalue weighted by Gasteiger charge is -2.17. The predicted molar refractivity (Wildman–Crippen MR) is 108 cm³/mol. The van der Waals surface area contributed by atoms with Gasteiger partial charge in [0.1, 0.15) is 6.61 Å². The molecule has 8 nitrogen and oxygen atoms in total. The molecule has 1 atom stereocenters. The second-order valence-electron chi connectivity index (χ2n) is 8.00. The Balaban J connectivity index is 3.30. The van der Waals surface area contributed by atoms with Gasteiger partial charge in [-0.25, -0.2) is 0 Å². The van der Waals surface area contributed by atoms with Crippen molar-refractivity contribution in [3.05, 3.63) is 0 Å². The smallest absolute Gasteiger partial charge is 0.246 e. The van der Waals surface area contributed by atoms with Crippen LogP contribution in [0.1, 0.15) is 41.5 Å². The molecule has 0 aliphatic carbocycles. The van der Waals surface area contributed by atoms with Crippen LogP contribution in [0, 0.1) is 11.3 Å². The molecule has 166 valence electrons. The van der Waals surface area contributed by atoms with E-state index in [1.165, 1.54) is 0 Å². The number of hydrogen-bond donors (Lipinski definition) is 2. The second-order valence-corrected chi connectivity index (χ2v) is 8.00. The van der Waals surface area contributed by atoms with Crippen LogP contribution < -0.4 is 10.6 Å². The maximum Gasteiger partial charge on any atom is 0.246 e. The van der Waals surface area contributed by atoms with Crippen molar-refractivity contribution in [2.75, 3.05) is 59.4 Å². The van der Waals surface area contributed by atoms with Crippen molar-refractivity contribution in [1.29, 1.82) is 0 Å². The van der Waals surface area contributed by atoms with Gasteiger partial charge < -0.3 is 29.6 Å². The Morgan fingerprint density at radius 3 is 1.71 bits per heavy atom. The minimum atomic E-state index is -0.382. The van der Waals surface area contributed by atoms with E-state index in [0.717, 1.165) is 0 Å². The van der Waals surface area contributed by atoms with E-state index in [2.05, 4.69) is 24.5 Å². The number of nitrogens with one attached hydrogen (secondary N) is 2. The van der Waals surface area contributed by atoms with E-state index in [1.807, 2.05) is 27.7 Å². The van der Waals surface area contributed by atoms with Crippen LogP contribution >= 0.6 is 0 Å². The van der Waals surface area contributed by atoms with E-state index in [1.54, 1.807) is 0 Å². The molecule has 0 aromatic heterocycles. The molecule has 0 aromatic rings. The zero-order valence-electron chi connectivity index (χ0n) is 18.5. The molecular weight excluding hydrogens is 364 g/mol. The van der Waals surface area contributed by atoms with E-state index >= 15 is 0 Å². The van der Waals surface area contributed by atoms with Crippen LogP contribution in [0.3, 0.4) is 0 Å². The quantitative estimate of drug-likeness (QED) is 0.377. The van der Waals surface area contributed by atoms with Gasteiger partial charge in [-0.1, -0.05) is 34.6 Å². The standard InChI is InChI=1S/C20H40N2O6/c1-16(2)17(3)22-18(23)15-28-14-13-27-12-11-26-10-9-25-8-7-21-19(24)20(4,5)6/h16-17H,7-15H2,1-6H3,(H,21,24)(H,22,23). The van der Waals surface area contributed by atoms with Gasteiger partial charge in [0, 0.05) is 18.0 Å². The molecule has 0 fully saturated rings. The van der Waals surface area contributed by atoms with E-state index < -0.39 is 0 Å². The lowest BCUT2D eigenvalue weighted by molar-refractivity contribution is -0.129. The Morgan fingerprint density at radius 2 is 1.25 bits per heavy atom. The Hall–Kier alpha value is -1.22. The Labute approximate surface area is 170 Å². The lowest BCUT2D eigenvalue weighted by Crippen LogP contribution is -2.38. The summed E-state index contributed by atoms with van der Waals surface area (Å²) in [5.74, 6) is 0.300. The summed E-state index contributed by atoms with van der Waals surface area (Å²) in [5.41, 5.74) is -0.382. The normalized spacial score (nSPS) is 12.8. The highest BCUT2D eigenvalue weighted by molar-refractivity contribution is 5.81. The molecule has 28 heavy (non-hydrogen) atoms. The van der Waals surface area contributed by atoms with Crippen LogP contribution in [0.25, 0.3) is 0 Å². The highest BCUT2D eigenvalue weighted by Gasteiger charge is 2.20. The molecule has 0 spiro atoms. The third-order valence-corrected chi connectivity index (χ3v) is 3.95. The largest absolute Gasteiger partial charge is 0.377 e. The first-order valence-electron chi connectivity index (χ1n) is 10.0. The van der Waals surface area contributed by atoms with Crippen molar-refractivity contribution in [2.45, 2.75) is 47.6 Å². The van der Waals surface area contributed by atoms with Gasteiger partial charge in [0.15, 0.2) is 0 Å². The summed E-state index contributed by atoms with van der Waals surface area (Å²) in [4.78, 5) is 23.2. The number of carbonyl (C=O) groups excluding carboxylic acids is 2. The number of rotatable bonds is 16. The molecule has 0 aliphatic rings. The fraction of sp³-hybridized carbons (Fsp3) is 0.900. The van der Waals surface area contributed by atoms with Gasteiger partial charge in [0.25, 0.3) is 0 Å². The zero-order valence-corrected chi connectivity index (χ0v) is 18.5. The first-order chi connectivity index (χ1) is 13.1. The molecule has 8 heteroatoms. The summed E-state index contributed by atoms with van der Waals surface area (Å²) in [6.45, 7) is 15.4. The monoisotopic (exact) mass is 404 g/mol. The van der Waals surface area contributed by atoms with Crippen molar-refractivity contribution < 1.29 is 28.5 Å². The predicted octanol–water partition coefficient (Wildman–Crippen LogP) is 1.38. The van der Waals surface area contributed by atoms with Crippen molar-refractivity contribution in [2.24, 2.45) is 11.3 Å². The highest BCUT2D eigenvalue weighted by Crippen LogP contribution is 2.11. The Bertz CT molecular complexity index is 423. The van der Waals surface area contributed by atoms with Crippen molar-refractivity contribution in [3.8, 4) is 0 Å². The molecule has 2 amide bonds. The fourth-order valence-corrected chi connectivity index (χ4v) is 1.79. The molecule has 0 saturated carbocycles. The van der Waals surface area contributed by atoms with Crippen LogP contribution in [0.15, 0.2) is 0 Å². The second kappa shape index (κ2) is 15.7. The van der Waals surface area contributed by atoms with E-state index in [4.69, 9.17) is 18.9 Å². The number of carbonyl (C=O) groups is 2. The Morgan fingerprint density at radius 1 is 0.786 bits per heavy atom. The van der Waals surface area contributed by atoms with Crippen molar-refractivity contribution in [3.63, 3.8) is 0 Å². The minimum absolute atomic E-state index is 0.0132. The first-order valence-corrected chi connectivity index (χ1v) is 10.0. The SMILES string of the molecule is CC(C)C(C)NC(=O)COCCOCCOCCOCCNC(=O)C(C)(C)C. The van der Waals surface area contributed by atoms with Crippen LogP contribution in [-0.2, 0) is 28.5 Å². The summed E-state index contributed by atoms with van der Waals surface area (Å²) < 4.78 is 21.4. The lowest BCUT2D eigenvalue weighted by atomic mass is 9.96. The van der Waals surface area contributed by atoms with Crippen LogP contribution in [0.2, 0.25) is 0 Å². The van der Waals surface area contributed by atoms with E-state index in [0.29, 0.717) is 58.7 Å². The molecule has 2 N–H and O–H groups in total. The van der Waals surface area contributed by atoms with Crippen LogP contribution in [0.5, 0.6) is 0 Å². The fourth-order valence-electron chi connectivity index (χ4n) is 1.79. The summed E-state index contributed by atoms with van der Waals surface area (Å²) in [5, 5.41) is 5.69. The van der Waals surface area contributed by atoms with Crippen LogP contribution in [0.4, 0.5) is 0 Å². The number of ether oxygens (including phenoxy) is 4. The summed E-state index contributed by atoms with van der Waals surface area (Å²) in [6, 6.07) is 0.135. The number of hydrogen-bond acceptors (Lipinski definition) is 6. The molecule has 0 radical (unpaired) electrons. The summed E-state index contributed by atoms with van der Waals surface area (Å²) in [7, 11) is 0. The van der Waals surface area contributed by atoms with Gasteiger partial charge in [-0.05, 0) is 12.8 Å². The molecule has 0 aliphatic heterocycles. The topological polar surface area (TPSA) is 95.1 Å². The zero-order chi connectivity index (χ0) is 21.4. The van der Waals surface area contributed by atoms with Crippen molar-refractivity contribution >= 4 is 11.8 Å². The third kappa shape index (κ3) is 15.8. The maximum absolute atomic E-state index is 11.6. The molecule has 0 heterocycles. The average Bonchev–Trinajstić information content (AvgIpc) is 2.60. The molecule has 0 aromatic carbocycles. The van der Waals surface area contributed by atoms with Gasteiger partial charge >= 0.3 is 0 Å². The molecule has 0 bridgehead atoms.